The molecule has 0 aliphatic carbocycles. The fourth-order valence-corrected chi connectivity index (χ4v) is 2.82. The average molecular weight is 385 g/mol. The molecular weight excluding hydrogens is 362 g/mol. The molecule has 0 aromatic rings. The van der Waals surface area contributed by atoms with Crippen molar-refractivity contribution in [3.05, 3.63) is 0 Å². The highest BCUT2D eigenvalue weighted by molar-refractivity contribution is 5.73. The minimum Gasteiger partial charge on any atom is -0.391 e. The van der Waals surface area contributed by atoms with Crippen molar-refractivity contribution in [2.75, 3.05) is 6.61 Å². The van der Waals surface area contributed by atoms with Gasteiger partial charge in [0.1, 0.15) is 36.6 Å². The summed E-state index contributed by atoms with van der Waals surface area (Å²) in [7, 11) is 0. The van der Waals surface area contributed by atoms with E-state index in [-0.39, 0.29) is 0 Å². The summed E-state index contributed by atoms with van der Waals surface area (Å²) in [6, 6.07) is 0. The highest BCUT2D eigenvalue weighted by Gasteiger charge is 2.57. The molecule has 2 aliphatic rings. The molecule has 26 heavy (non-hydrogen) atoms. The molecule has 0 saturated carbocycles. The first-order valence-electron chi connectivity index (χ1n) is 7.69. The summed E-state index contributed by atoms with van der Waals surface area (Å²) >= 11 is 0. The number of amides is 1. The number of hydrogen-bond donors (Lipinski definition) is 9. The van der Waals surface area contributed by atoms with Crippen LogP contribution in [0.15, 0.2) is 0 Å². The molecule has 2 rings (SSSR count). The second-order valence-electron chi connectivity index (χ2n) is 6.14. The number of carbonyl (C=O) groups excluding carboxylic acids is 1. The van der Waals surface area contributed by atoms with Gasteiger partial charge in [0.15, 0.2) is 24.6 Å². The van der Waals surface area contributed by atoms with Crippen LogP contribution in [0.5, 0.6) is 0 Å². The van der Waals surface area contributed by atoms with E-state index < -0.39 is 73.7 Å². The highest BCUT2D eigenvalue weighted by Crippen LogP contribution is 2.32. The number of ether oxygens (including phenoxy) is 3. The van der Waals surface area contributed by atoms with Crippen LogP contribution >= 0.6 is 0 Å². The monoisotopic (exact) mass is 385 g/mol. The van der Waals surface area contributed by atoms with Gasteiger partial charge in [0, 0.05) is 6.92 Å². The second-order valence-corrected chi connectivity index (χ2v) is 6.14. The lowest BCUT2D eigenvalue weighted by Crippen LogP contribution is -2.74. The lowest BCUT2D eigenvalue weighted by atomic mass is 9.93. The lowest BCUT2D eigenvalue weighted by molar-refractivity contribution is -0.395. The van der Waals surface area contributed by atoms with Gasteiger partial charge < -0.3 is 60.4 Å². The van der Waals surface area contributed by atoms with Gasteiger partial charge in [-0.05, 0) is 0 Å². The molecule has 2 aliphatic heterocycles. The number of rotatable bonds is 4. The van der Waals surface area contributed by atoms with Gasteiger partial charge in [-0.2, -0.15) is 0 Å². The Labute approximate surface area is 147 Å². The zero-order chi connectivity index (χ0) is 19.8. The molecule has 2 fully saturated rings. The molecule has 0 spiro atoms. The van der Waals surface area contributed by atoms with E-state index in [0.717, 1.165) is 6.92 Å². The fourth-order valence-electron chi connectivity index (χ4n) is 2.82. The summed E-state index contributed by atoms with van der Waals surface area (Å²) < 4.78 is 15.1. The van der Waals surface area contributed by atoms with Crippen molar-refractivity contribution in [1.82, 2.24) is 5.32 Å². The van der Waals surface area contributed by atoms with E-state index in [1.807, 2.05) is 0 Å². The predicted molar refractivity (Wildman–Crippen MR) is 76.5 cm³/mol. The van der Waals surface area contributed by atoms with Crippen LogP contribution in [0.25, 0.3) is 0 Å². The average Bonchev–Trinajstić information content (AvgIpc) is 2.58. The van der Waals surface area contributed by atoms with Crippen LogP contribution < -0.4 is 5.32 Å². The molecule has 2 heterocycles. The van der Waals surface area contributed by atoms with Crippen molar-refractivity contribution in [3.63, 3.8) is 0 Å². The first kappa shape index (κ1) is 21.3. The highest BCUT2D eigenvalue weighted by atomic mass is 16.8. The van der Waals surface area contributed by atoms with Crippen LogP contribution in [0.3, 0.4) is 0 Å². The van der Waals surface area contributed by atoms with Gasteiger partial charge >= 0.3 is 0 Å². The molecule has 13 nitrogen and oxygen atoms in total. The smallest absolute Gasteiger partial charge is 0.219 e. The number of aliphatic hydroxyl groups excluding tert-OH is 8. The molecule has 2 saturated heterocycles. The maximum absolute atomic E-state index is 11.4. The first-order chi connectivity index (χ1) is 12.0. The number of hydrogen-bond acceptors (Lipinski definition) is 12. The third-order valence-electron chi connectivity index (χ3n) is 4.19. The number of aliphatic hydroxyl groups is 8. The topological polar surface area (TPSA) is 219 Å². The fraction of sp³-hybridized carbons (Fsp3) is 0.923. The molecule has 0 radical (unpaired) electrons. The van der Waals surface area contributed by atoms with E-state index in [1.54, 1.807) is 0 Å². The third kappa shape index (κ3) is 3.83. The SMILES string of the molecule is CC(=O)N[C@]1(CO)O[C@@H](O)[C@H](O)[C@H](O)[C@@H]1O[C@@H]1O[C@H](O)[C@@H](O)[C@H](O)[C@H]1O. The Morgan fingerprint density at radius 2 is 1.54 bits per heavy atom. The van der Waals surface area contributed by atoms with Gasteiger partial charge in [0.05, 0.1) is 6.61 Å². The van der Waals surface area contributed by atoms with Gasteiger partial charge in [-0.1, -0.05) is 0 Å². The van der Waals surface area contributed by atoms with Gasteiger partial charge in [0.2, 0.25) is 5.91 Å². The normalized spacial score (nSPS) is 49.7. The van der Waals surface area contributed by atoms with E-state index in [4.69, 9.17) is 14.2 Å². The minimum atomic E-state index is -2.25. The Balaban J connectivity index is 2.30. The van der Waals surface area contributed by atoms with Crippen molar-refractivity contribution >= 4 is 5.91 Å². The maximum atomic E-state index is 11.4. The van der Waals surface area contributed by atoms with E-state index in [0.29, 0.717) is 0 Å². The Morgan fingerprint density at radius 1 is 0.962 bits per heavy atom. The van der Waals surface area contributed by atoms with Crippen LogP contribution in [0.4, 0.5) is 0 Å². The number of carbonyl (C=O) groups is 1. The predicted octanol–water partition coefficient (Wildman–Crippen LogP) is -5.98. The molecule has 152 valence electrons. The van der Waals surface area contributed by atoms with Crippen LogP contribution in [-0.2, 0) is 19.0 Å². The van der Waals surface area contributed by atoms with Crippen molar-refractivity contribution < 1.29 is 59.9 Å². The summed E-state index contributed by atoms with van der Waals surface area (Å²) in [4.78, 5) is 11.4. The van der Waals surface area contributed by atoms with E-state index in [1.165, 1.54) is 0 Å². The Bertz CT molecular complexity index is 508. The first-order valence-corrected chi connectivity index (χ1v) is 7.69. The lowest BCUT2D eigenvalue weighted by Gasteiger charge is -2.50. The van der Waals surface area contributed by atoms with Crippen molar-refractivity contribution in [2.24, 2.45) is 0 Å². The zero-order valence-electron chi connectivity index (χ0n) is 13.6. The maximum Gasteiger partial charge on any atom is 0.219 e. The molecule has 10 atom stereocenters. The van der Waals surface area contributed by atoms with Gasteiger partial charge in [-0.25, -0.2) is 0 Å². The summed E-state index contributed by atoms with van der Waals surface area (Å²) in [5.41, 5.74) is -2.25. The molecule has 0 aromatic heterocycles. The largest absolute Gasteiger partial charge is 0.391 e. The van der Waals surface area contributed by atoms with Crippen molar-refractivity contribution in [3.8, 4) is 0 Å². The molecule has 0 unspecified atom stereocenters. The summed E-state index contributed by atoms with van der Waals surface area (Å²) in [6.07, 6.45) is -17.1. The second kappa shape index (κ2) is 7.95. The standard InChI is InChI=1S/C13H23NO12/c1-3(16)14-13(2-15)9(5(18)7(20)11(23)26-13)24-12-8(21)4(17)6(19)10(22)25-12/h4-12,15,17-23H,2H2,1H3,(H,14,16)/t4-,5-,6-,7+,8+,9-,10-,11+,12+,13+/m0/s1. The molecule has 9 N–H and O–H groups in total. The summed E-state index contributed by atoms with van der Waals surface area (Å²) in [5.74, 6) is -0.760. The molecule has 0 bridgehead atoms. The zero-order valence-corrected chi connectivity index (χ0v) is 13.6. The van der Waals surface area contributed by atoms with E-state index >= 15 is 0 Å². The molecule has 1 amide bonds. The van der Waals surface area contributed by atoms with Crippen LogP contribution in [0, 0.1) is 0 Å². The van der Waals surface area contributed by atoms with Crippen molar-refractivity contribution in [1.29, 1.82) is 0 Å². The third-order valence-corrected chi connectivity index (χ3v) is 4.19. The van der Waals surface area contributed by atoms with Crippen LogP contribution in [0.2, 0.25) is 0 Å². The van der Waals surface area contributed by atoms with Gasteiger partial charge in [0.25, 0.3) is 0 Å². The summed E-state index contributed by atoms with van der Waals surface area (Å²) in [5, 5.41) is 80.0. The van der Waals surface area contributed by atoms with Gasteiger partial charge in [-0.15, -0.1) is 0 Å². The molecular formula is C13H23NO12. The Kier molecular flexibility index (Phi) is 6.53. The van der Waals surface area contributed by atoms with Crippen LogP contribution in [-0.4, -0.2) is 115 Å². The molecule has 0 aromatic carbocycles. The van der Waals surface area contributed by atoms with Gasteiger partial charge in [-0.3, -0.25) is 4.79 Å². The summed E-state index contributed by atoms with van der Waals surface area (Å²) in [6.45, 7) is 0.00603. The minimum absolute atomic E-state index is 0.760. The number of nitrogens with one attached hydrogen (secondary N) is 1. The van der Waals surface area contributed by atoms with E-state index in [2.05, 4.69) is 5.32 Å². The van der Waals surface area contributed by atoms with Crippen molar-refractivity contribution in [2.45, 2.75) is 68.1 Å². The molecule has 13 heteroatoms. The Hall–Kier alpha value is -0.970. The van der Waals surface area contributed by atoms with E-state index in [9.17, 15) is 45.6 Å². The van der Waals surface area contributed by atoms with Crippen LogP contribution in [0.1, 0.15) is 6.92 Å². The quantitative estimate of drug-likeness (QED) is 0.221. The Morgan fingerprint density at radius 3 is 2.08 bits per heavy atom.